The summed E-state index contributed by atoms with van der Waals surface area (Å²) in [7, 11) is 0. The van der Waals surface area contributed by atoms with E-state index < -0.39 is 0 Å². The van der Waals surface area contributed by atoms with Crippen LogP contribution < -0.4 is 9.47 Å². The van der Waals surface area contributed by atoms with Gasteiger partial charge in [0.15, 0.2) is 0 Å². The predicted octanol–water partition coefficient (Wildman–Crippen LogP) is 6.11. The Hall–Kier alpha value is -2.48. The zero-order valence-electron chi connectivity index (χ0n) is 15.9. The van der Waals surface area contributed by atoms with Crippen molar-refractivity contribution in [3.8, 4) is 11.5 Å². The van der Waals surface area contributed by atoms with Crippen molar-refractivity contribution in [3.63, 3.8) is 0 Å². The largest absolute Gasteiger partial charge is 0.494 e. The molecule has 0 saturated heterocycles. The Morgan fingerprint density at radius 1 is 0.840 bits per heavy atom. The highest BCUT2D eigenvalue weighted by Gasteiger charge is 2.11. The van der Waals surface area contributed by atoms with Crippen molar-refractivity contribution < 1.29 is 9.47 Å². The summed E-state index contributed by atoms with van der Waals surface area (Å²) < 4.78 is 11.2. The molecular weight excluding hydrogens is 308 g/mol. The Morgan fingerprint density at radius 2 is 1.32 bits per heavy atom. The zero-order chi connectivity index (χ0) is 18.2. The van der Waals surface area contributed by atoms with Crippen molar-refractivity contribution in [1.29, 1.82) is 0 Å². The number of benzene rings is 2. The molecule has 0 saturated carbocycles. The molecule has 0 amide bonds. The van der Waals surface area contributed by atoms with E-state index in [-0.39, 0.29) is 0 Å². The van der Waals surface area contributed by atoms with E-state index in [9.17, 15) is 0 Å². The third-order valence-electron chi connectivity index (χ3n) is 4.05. The minimum absolute atomic E-state index is 0.679. The van der Waals surface area contributed by atoms with Crippen LogP contribution in [0.4, 0.5) is 0 Å². The molecule has 0 aliphatic carbocycles. The van der Waals surface area contributed by atoms with Crippen molar-refractivity contribution >= 4 is 5.57 Å². The maximum absolute atomic E-state index is 5.62. The third-order valence-corrected chi connectivity index (χ3v) is 4.05. The molecule has 0 fully saturated rings. The molecule has 0 bridgehead atoms. The van der Waals surface area contributed by atoms with Gasteiger partial charge in [0.2, 0.25) is 0 Å². The van der Waals surface area contributed by atoms with Crippen LogP contribution in [0, 0.1) is 13.8 Å². The fourth-order valence-corrected chi connectivity index (χ4v) is 2.91. The van der Waals surface area contributed by atoms with E-state index in [2.05, 4.69) is 50.3 Å². The monoisotopic (exact) mass is 336 g/mol. The minimum atomic E-state index is 0.679. The third kappa shape index (κ3) is 4.76. The average Bonchev–Trinajstić information content (AvgIpc) is 2.58. The van der Waals surface area contributed by atoms with Crippen LogP contribution in [-0.2, 0) is 0 Å². The van der Waals surface area contributed by atoms with Crippen LogP contribution in [0.2, 0.25) is 0 Å². The number of rotatable bonds is 7. The van der Waals surface area contributed by atoms with Gasteiger partial charge in [0.1, 0.15) is 11.5 Å². The first-order valence-corrected chi connectivity index (χ1v) is 8.91. The van der Waals surface area contributed by atoms with Crippen LogP contribution >= 0.6 is 0 Å². The van der Waals surface area contributed by atoms with E-state index >= 15 is 0 Å². The summed E-state index contributed by atoms with van der Waals surface area (Å²) in [5.41, 5.74) is 6.05. The molecule has 2 nitrogen and oxygen atoms in total. The van der Waals surface area contributed by atoms with Crippen molar-refractivity contribution in [3.05, 3.63) is 76.9 Å². The Balaban J connectivity index is 2.51. The van der Waals surface area contributed by atoms with E-state index in [1.165, 1.54) is 27.8 Å². The minimum Gasteiger partial charge on any atom is -0.494 e. The number of hydrogen-bond acceptors (Lipinski definition) is 2. The number of hydrogen-bond donors (Lipinski definition) is 0. The maximum atomic E-state index is 5.62. The molecule has 0 radical (unpaired) electrons. The summed E-state index contributed by atoms with van der Waals surface area (Å²) in [6.45, 7) is 11.7. The van der Waals surface area contributed by atoms with E-state index in [1.54, 1.807) is 0 Å². The molecule has 25 heavy (non-hydrogen) atoms. The molecule has 0 heterocycles. The summed E-state index contributed by atoms with van der Waals surface area (Å²) in [6, 6.07) is 12.6. The fourth-order valence-electron chi connectivity index (χ4n) is 2.91. The topological polar surface area (TPSA) is 18.5 Å². The SMILES string of the molecule is CC=CC=C(c1ccc(OCC)cc1C)c1ccc(OCC)cc1C. The van der Waals surface area contributed by atoms with Crippen LogP contribution in [0.5, 0.6) is 11.5 Å². The fraction of sp³-hybridized carbons (Fsp3) is 0.304. The summed E-state index contributed by atoms with van der Waals surface area (Å²) in [6.07, 6.45) is 6.31. The second-order valence-corrected chi connectivity index (χ2v) is 5.93. The van der Waals surface area contributed by atoms with Gasteiger partial charge in [-0.2, -0.15) is 0 Å². The number of ether oxygens (including phenoxy) is 2. The van der Waals surface area contributed by atoms with Crippen molar-refractivity contribution in [1.82, 2.24) is 0 Å². The Labute approximate surface area is 151 Å². The van der Waals surface area contributed by atoms with Gasteiger partial charge in [0, 0.05) is 0 Å². The van der Waals surface area contributed by atoms with E-state index in [0.29, 0.717) is 13.2 Å². The number of aryl methyl sites for hydroxylation is 2. The maximum Gasteiger partial charge on any atom is 0.119 e. The second-order valence-electron chi connectivity index (χ2n) is 5.93. The van der Waals surface area contributed by atoms with Crippen molar-refractivity contribution in [2.45, 2.75) is 34.6 Å². The van der Waals surface area contributed by atoms with Crippen molar-refractivity contribution in [2.75, 3.05) is 13.2 Å². The lowest BCUT2D eigenvalue weighted by molar-refractivity contribution is 0.340. The van der Waals surface area contributed by atoms with Gasteiger partial charge < -0.3 is 9.47 Å². The smallest absolute Gasteiger partial charge is 0.119 e. The van der Waals surface area contributed by atoms with Crippen LogP contribution in [0.25, 0.3) is 5.57 Å². The van der Waals surface area contributed by atoms with Gasteiger partial charge in [-0.15, -0.1) is 0 Å². The first-order chi connectivity index (χ1) is 12.1. The lowest BCUT2D eigenvalue weighted by Crippen LogP contribution is -1.98. The molecule has 2 aromatic rings. The molecule has 0 aliphatic heterocycles. The Bertz CT molecular complexity index is 712. The second kappa shape index (κ2) is 9.12. The van der Waals surface area contributed by atoms with Crippen LogP contribution in [0.1, 0.15) is 43.0 Å². The first kappa shape index (κ1) is 18.9. The molecule has 2 heteroatoms. The van der Waals surface area contributed by atoms with Gasteiger partial charge >= 0.3 is 0 Å². The molecule has 0 aliphatic rings. The van der Waals surface area contributed by atoms with Crippen LogP contribution in [-0.4, -0.2) is 13.2 Å². The highest BCUT2D eigenvalue weighted by Crippen LogP contribution is 2.32. The van der Waals surface area contributed by atoms with Gasteiger partial charge in [-0.1, -0.05) is 30.4 Å². The molecule has 0 spiro atoms. The molecule has 0 N–H and O–H groups in total. The Kier molecular flexibility index (Phi) is 6.88. The van der Waals surface area contributed by atoms with Crippen LogP contribution in [0.15, 0.2) is 54.6 Å². The molecule has 0 unspecified atom stereocenters. The molecule has 0 aromatic heterocycles. The zero-order valence-corrected chi connectivity index (χ0v) is 15.9. The number of allylic oxidation sites excluding steroid dienone is 3. The summed E-state index contributed by atoms with van der Waals surface area (Å²) in [4.78, 5) is 0. The van der Waals surface area contributed by atoms with Gasteiger partial charge in [0.05, 0.1) is 13.2 Å². The predicted molar refractivity (Wildman–Crippen MR) is 107 cm³/mol. The lowest BCUT2D eigenvalue weighted by Gasteiger charge is -2.16. The molecule has 0 atom stereocenters. The van der Waals surface area contributed by atoms with Gasteiger partial charge in [0.25, 0.3) is 0 Å². The van der Waals surface area contributed by atoms with Crippen LogP contribution in [0.3, 0.4) is 0 Å². The molecule has 132 valence electrons. The normalized spacial score (nSPS) is 10.8. The standard InChI is InChI=1S/C23H28O2/c1-6-9-10-23(21-13-11-19(24-7-2)15-17(21)4)22-14-12-20(25-8-3)16-18(22)5/h6,9-16H,7-8H2,1-5H3. The Morgan fingerprint density at radius 3 is 1.68 bits per heavy atom. The lowest BCUT2D eigenvalue weighted by atomic mass is 9.91. The van der Waals surface area contributed by atoms with Gasteiger partial charge in [-0.25, -0.2) is 0 Å². The van der Waals surface area contributed by atoms with Gasteiger partial charge in [-0.05, 0) is 86.7 Å². The van der Waals surface area contributed by atoms with E-state index in [1.807, 2.05) is 39.0 Å². The first-order valence-electron chi connectivity index (χ1n) is 8.91. The highest BCUT2D eigenvalue weighted by atomic mass is 16.5. The van der Waals surface area contributed by atoms with Gasteiger partial charge in [-0.3, -0.25) is 0 Å². The molecular formula is C23H28O2. The van der Waals surface area contributed by atoms with E-state index in [4.69, 9.17) is 9.47 Å². The van der Waals surface area contributed by atoms with E-state index in [0.717, 1.165) is 11.5 Å². The summed E-state index contributed by atoms with van der Waals surface area (Å²) in [5, 5.41) is 0. The van der Waals surface area contributed by atoms with Crippen molar-refractivity contribution in [2.24, 2.45) is 0 Å². The molecule has 2 aromatic carbocycles. The highest BCUT2D eigenvalue weighted by molar-refractivity contribution is 5.84. The summed E-state index contributed by atoms with van der Waals surface area (Å²) >= 11 is 0. The quantitative estimate of drug-likeness (QED) is 0.568. The summed E-state index contributed by atoms with van der Waals surface area (Å²) in [5.74, 6) is 1.83. The molecule has 2 rings (SSSR count). The average molecular weight is 336 g/mol.